The molecule has 2 aliphatic rings. The Balaban J connectivity index is 1.49. The van der Waals surface area contributed by atoms with Gasteiger partial charge in [-0.1, -0.05) is 12.1 Å². The van der Waals surface area contributed by atoms with E-state index >= 15 is 0 Å². The van der Waals surface area contributed by atoms with E-state index in [2.05, 4.69) is 0 Å². The summed E-state index contributed by atoms with van der Waals surface area (Å²) in [4.78, 5) is 14.7. The number of aliphatic hydroxyl groups is 1. The number of rotatable bonds is 4. The third-order valence-electron chi connectivity index (χ3n) is 6.04. The minimum atomic E-state index is -0.585. The van der Waals surface area contributed by atoms with Gasteiger partial charge in [-0.2, -0.15) is 0 Å². The lowest BCUT2D eigenvalue weighted by Crippen LogP contribution is -2.43. The van der Waals surface area contributed by atoms with Gasteiger partial charge in [-0.25, -0.2) is 4.39 Å². The average Bonchev–Trinajstić information content (AvgIpc) is 2.67. The molecule has 3 rings (SSSR count). The highest BCUT2D eigenvalue weighted by Gasteiger charge is 2.33. The quantitative estimate of drug-likeness (QED) is 0.879. The summed E-state index contributed by atoms with van der Waals surface area (Å²) in [6.07, 6.45) is 5.04. The van der Waals surface area contributed by atoms with Crippen molar-refractivity contribution >= 4 is 5.91 Å². The molecule has 3 N–H and O–H groups in total. The molecule has 1 aliphatic heterocycles. The van der Waals surface area contributed by atoms with Crippen LogP contribution < -0.4 is 5.73 Å². The summed E-state index contributed by atoms with van der Waals surface area (Å²) in [6.45, 7) is 2.14. The summed E-state index contributed by atoms with van der Waals surface area (Å²) in [5.41, 5.74) is 6.48. The fraction of sp³-hybridized carbons (Fsp3) is 0.650. The lowest BCUT2D eigenvalue weighted by atomic mass is 9.80. The monoisotopic (exact) mass is 348 g/mol. The van der Waals surface area contributed by atoms with Crippen LogP contribution in [0.1, 0.15) is 50.2 Å². The molecule has 2 fully saturated rings. The molecule has 1 saturated heterocycles. The Kier molecular flexibility index (Phi) is 6.07. The number of carbonyl (C=O) groups is 1. The van der Waals surface area contributed by atoms with Gasteiger partial charge >= 0.3 is 0 Å². The summed E-state index contributed by atoms with van der Waals surface area (Å²) < 4.78 is 13.0. The normalized spacial score (nSPS) is 26.4. The van der Waals surface area contributed by atoms with Crippen LogP contribution in [-0.2, 0) is 4.79 Å². The summed E-state index contributed by atoms with van der Waals surface area (Å²) in [7, 11) is 0. The van der Waals surface area contributed by atoms with Gasteiger partial charge in [0.15, 0.2) is 0 Å². The number of hydrogen-bond donors (Lipinski definition) is 2. The second-order valence-electron chi connectivity index (χ2n) is 7.61. The Bertz CT molecular complexity index is 562. The minimum Gasteiger partial charge on any atom is -0.388 e. The zero-order valence-corrected chi connectivity index (χ0v) is 14.7. The lowest BCUT2D eigenvalue weighted by molar-refractivity contribution is -0.138. The van der Waals surface area contributed by atoms with E-state index in [4.69, 9.17) is 5.73 Å². The molecule has 5 heteroatoms. The molecule has 1 aromatic rings. The number of hydrogen-bond acceptors (Lipinski definition) is 3. The van der Waals surface area contributed by atoms with Gasteiger partial charge in [0, 0.05) is 19.0 Å². The molecular formula is C20H29FN2O2. The van der Waals surface area contributed by atoms with Crippen LogP contribution in [0.2, 0.25) is 0 Å². The number of nitrogens with zero attached hydrogens (tertiary/aromatic N) is 1. The van der Waals surface area contributed by atoms with Crippen molar-refractivity contribution in [2.45, 2.75) is 44.6 Å². The van der Waals surface area contributed by atoms with Gasteiger partial charge in [0.2, 0.25) is 5.91 Å². The molecule has 0 spiro atoms. The molecule has 25 heavy (non-hydrogen) atoms. The zero-order chi connectivity index (χ0) is 17.8. The molecule has 1 aliphatic carbocycles. The Labute approximate surface area is 149 Å². The van der Waals surface area contributed by atoms with Gasteiger partial charge in [0.05, 0.1) is 6.10 Å². The average molecular weight is 348 g/mol. The molecule has 1 unspecified atom stereocenters. The minimum absolute atomic E-state index is 0.127. The third-order valence-corrected chi connectivity index (χ3v) is 6.04. The first-order valence-corrected chi connectivity index (χ1v) is 9.51. The van der Waals surface area contributed by atoms with Gasteiger partial charge in [-0.15, -0.1) is 0 Å². The standard InChI is InChI=1S/C20H29FN2O2/c21-18-7-5-15(6-8-18)19(24)16-9-11-23(12-10-16)20(25)17-3-1-14(13-22)2-4-17/h5-8,14,16-17,19,24H,1-4,9-13,22H2. The van der Waals surface area contributed by atoms with E-state index < -0.39 is 6.10 Å². The summed E-state index contributed by atoms with van der Waals surface area (Å²) >= 11 is 0. The smallest absolute Gasteiger partial charge is 0.225 e. The first kappa shape index (κ1) is 18.3. The van der Waals surface area contributed by atoms with Gasteiger partial charge in [-0.3, -0.25) is 4.79 Å². The molecule has 1 amide bonds. The Morgan fingerprint density at radius 2 is 1.72 bits per heavy atom. The fourth-order valence-electron chi connectivity index (χ4n) is 4.27. The van der Waals surface area contributed by atoms with Crippen molar-refractivity contribution < 1.29 is 14.3 Å². The number of piperidine rings is 1. The molecule has 0 bridgehead atoms. The second-order valence-corrected chi connectivity index (χ2v) is 7.61. The number of benzene rings is 1. The van der Waals surface area contributed by atoms with Crippen LogP contribution in [0.25, 0.3) is 0 Å². The lowest BCUT2D eigenvalue weighted by Gasteiger charge is -2.37. The third kappa shape index (κ3) is 4.39. The number of aliphatic hydroxyl groups excluding tert-OH is 1. The maximum Gasteiger partial charge on any atom is 0.225 e. The van der Waals surface area contributed by atoms with E-state index in [1.165, 1.54) is 12.1 Å². The highest BCUT2D eigenvalue weighted by atomic mass is 19.1. The van der Waals surface area contributed by atoms with Crippen molar-refractivity contribution in [3.05, 3.63) is 35.6 Å². The molecule has 1 aromatic carbocycles. The van der Waals surface area contributed by atoms with Crippen molar-refractivity contribution in [2.24, 2.45) is 23.5 Å². The van der Waals surface area contributed by atoms with Crippen molar-refractivity contribution in [3.8, 4) is 0 Å². The molecule has 1 saturated carbocycles. The summed E-state index contributed by atoms with van der Waals surface area (Å²) in [5.74, 6) is 0.857. The molecular weight excluding hydrogens is 319 g/mol. The number of likely N-dealkylation sites (tertiary alicyclic amines) is 1. The molecule has 1 heterocycles. The predicted molar refractivity (Wildman–Crippen MR) is 95.2 cm³/mol. The zero-order valence-electron chi connectivity index (χ0n) is 14.7. The SMILES string of the molecule is NCC1CCC(C(=O)N2CCC(C(O)c3ccc(F)cc3)CC2)CC1. The van der Waals surface area contributed by atoms with E-state index in [9.17, 15) is 14.3 Å². The first-order chi connectivity index (χ1) is 12.1. The molecule has 0 radical (unpaired) electrons. The highest BCUT2D eigenvalue weighted by molar-refractivity contribution is 5.79. The largest absolute Gasteiger partial charge is 0.388 e. The van der Waals surface area contributed by atoms with E-state index in [-0.39, 0.29) is 23.6 Å². The molecule has 0 aromatic heterocycles. The van der Waals surface area contributed by atoms with Crippen molar-refractivity contribution in [3.63, 3.8) is 0 Å². The van der Waals surface area contributed by atoms with E-state index in [1.807, 2.05) is 4.90 Å². The summed E-state index contributed by atoms with van der Waals surface area (Å²) in [5, 5.41) is 10.5. The Morgan fingerprint density at radius 3 is 2.28 bits per heavy atom. The maximum atomic E-state index is 13.0. The van der Waals surface area contributed by atoms with Crippen molar-refractivity contribution in [1.82, 2.24) is 4.90 Å². The maximum absolute atomic E-state index is 13.0. The fourth-order valence-corrected chi connectivity index (χ4v) is 4.27. The van der Waals surface area contributed by atoms with Crippen LogP contribution in [0, 0.1) is 23.6 Å². The number of amides is 1. The van der Waals surface area contributed by atoms with Crippen LogP contribution in [0.4, 0.5) is 4.39 Å². The molecule has 4 nitrogen and oxygen atoms in total. The summed E-state index contributed by atoms with van der Waals surface area (Å²) in [6, 6.07) is 6.06. The van der Waals surface area contributed by atoms with Crippen molar-refractivity contribution in [2.75, 3.05) is 19.6 Å². The predicted octanol–water partition coefficient (Wildman–Crippen LogP) is 2.86. The topological polar surface area (TPSA) is 66.6 Å². The molecule has 138 valence electrons. The Hall–Kier alpha value is -1.46. The number of halogens is 1. The van der Waals surface area contributed by atoms with Gasteiger partial charge in [0.1, 0.15) is 5.82 Å². The van der Waals surface area contributed by atoms with Gasteiger partial charge < -0.3 is 15.7 Å². The highest BCUT2D eigenvalue weighted by Crippen LogP contribution is 2.33. The van der Waals surface area contributed by atoms with Gasteiger partial charge in [0.25, 0.3) is 0 Å². The number of nitrogens with two attached hydrogens (primary N) is 1. The molecule has 1 atom stereocenters. The van der Waals surface area contributed by atoms with Crippen LogP contribution >= 0.6 is 0 Å². The van der Waals surface area contributed by atoms with Crippen LogP contribution in [-0.4, -0.2) is 35.5 Å². The van der Waals surface area contributed by atoms with Crippen LogP contribution in [0.5, 0.6) is 0 Å². The second kappa shape index (κ2) is 8.28. The van der Waals surface area contributed by atoms with Crippen LogP contribution in [0.3, 0.4) is 0 Å². The van der Waals surface area contributed by atoms with Crippen molar-refractivity contribution in [1.29, 1.82) is 0 Å². The number of carbonyl (C=O) groups excluding carboxylic acids is 1. The van der Waals surface area contributed by atoms with E-state index in [1.54, 1.807) is 12.1 Å². The van der Waals surface area contributed by atoms with E-state index in [0.29, 0.717) is 19.0 Å². The first-order valence-electron chi connectivity index (χ1n) is 9.51. The van der Waals surface area contributed by atoms with E-state index in [0.717, 1.165) is 50.6 Å². The Morgan fingerprint density at radius 1 is 1.12 bits per heavy atom. The van der Waals surface area contributed by atoms with Gasteiger partial charge in [-0.05, 0) is 74.6 Å². The van der Waals surface area contributed by atoms with Crippen LogP contribution in [0.15, 0.2) is 24.3 Å².